The molecule has 3 aromatic rings. The first-order valence-corrected chi connectivity index (χ1v) is 10.0. The maximum absolute atomic E-state index is 7.63. The molecule has 4 heteroatoms. The first-order chi connectivity index (χ1) is 13.5. The number of rotatable bonds is 5. The Balaban J connectivity index is 0.000000188. The Kier molecular flexibility index (Phi) is 6.45. The third kappa shape index (κ3) is 4.99. The fourth-order valence-electron chi connectivity index (χ4n) is 2.91. The van der Waals surface area contributed by atoms with Gasteiger partial charge in [-0.2, -0.15) is 0 Å². The highest BCUT2D eigenvalue weighted by Gasteiger charge is 2.10. The first kappa shape index (κ1) is 19.6. The normalized spacial score (nSPS) is 12.2. The summed E-state index contributed by atoms with van der Waals surface area (Å²) in [7, 11) is 0. The Morgan fingerprint density at radius 2 is 1.75 bits per heavy atom. The van der Waals surface area contributed by atoms with Gasteiger partial charge in [0.05, 0.1) is 9.88 Å². The molecular formula is C24H25N3S. The molecule has 0 atom stereocenters. The van der Waals surface area contributed by atoms with Crippen molar-refractivity contribution in [2.24, 2.45) is 0 Å². The molecule has 1 aliphatic rings. The van der Waals surface area contributed by atoms with Crippen LogP contribution in [0.1, 0.15) is 23.8 Å². The summed E-state index contributed by atoms with van der Waals surface area (Å²) < 4.78 is 0. The number of fused-ring (bicyclic) bond motifs is 1. The zero-order valence-electron chi connectivity index (χ0n) is 16.0. The molecule has 3 nitrogen and oxygen atoms in total. The largest absolute Gasteiger partial charge is 0.390 e. The third-order valence-electron chi connectivity index (χ3n) is 4.50. The monoisotopic (exact) mass is 387 g/mol. The topological polar surface area (TPSA) is 61.9 Å². The highest BCUT2D eigenvalue weighted by molar-refractivity contribution is 7.17. The van der Waals surface area contributed by atoms with Crippen molar-refractivity contribution in [2.45, 2.75) is 13.3 Å². The molecule has 0 fully saturated rings. The molecule has 0 saturated heterocycles. The van der Waals surface area contributed by atoms with Crippen molar-refractivity contribution in [1.82, 2.24) is 5.32 Å². The summed E-state index contributed by atoms with van der Waals surface area (Å²) in [5, 5.41) is 14.2. The summed E-state index contributed by atoms with van der Waals surface area (Å²) in [6.07, 6.45) is 7.34. The number of hydrogen-bond donors (Lipinski definition) is 3. The van der Waals surface area contributed by atoms with Gasteiger partial charge in [-0.3, -0.25) is 0 Å². The van der Waals surface area contributed by atoms with E-state index >= 15 is 0 Å². The summed E-state index contributed by atoms with van der Waals surface area (Å²) in [6, 6.07) is 18.6. The van der Waals surface area contributed by atoms with Gasteiger partial charge in [0.25, 0.3) is 0 Å². The van der Waals surface area contributed by atoms with Crippen LogP contribution in [0, 0.1) is 5.41 Å². The van der Waals surface area contributed by atoms with Crippen molar-refractivity contribution >= 4 is 38.5 Å². The second-order valence-corrected chi connectivity index (χ2v) is 7.73. The maximum atomic E-state index is 7.63. The quantitative estimate of drug-likeness (QED) is 0.470. The second kappa shape index (κ2) is 9.20. The van der Waals surface area contributed by atoms with E-state index in [0.29, 0.717) is 10.7 Å². The zero-order chi connectivity index (χ0) is 19.9. The van der Waals surface area contributed by atoms with Crippen LogP contribution in [0.4, 0.5) is 5.00 Å². The molecular weight excluding hydrogens is 362 g/mol. The Morgan fingerprint density at radius 1 is 1.14 bits per heavy atom. The first-order valence-electron chi connectivity index (χ1n) is 9.21. The Morgan fingerprint density at radius 3 is 2.21 bits per heavy atom. The van der Waals surface area contributed by atoms with E-state index in [0.717, 1.165) is 29.1 Å². The molecule has 4 N–H and O–H groups in total. The number of nitrogen functional groups attached to an aromatic ring is 1. The van der Waals surface area contributed by atoms with Crippen molar-refractivity contribution in [2.75, 3.05) is 12.3 Å². The zero-order valence-corrected chi connectivity index (χ0v) is 16.9. The number of nitrogens with one attached hydrogen (secondary N) is 2. The molecule has 28 heavy (non-hydrogen) atoms. The van der Waals surface area contributed by atoms with Gasteiger partial charge in [-0.15, -0.1) is 11.3 Å². The molecule has 0 aliphatic heterocycles. The summed E-state index contributed by atoms with van der Waals surface area (Å²) in [5.41, 5.74) is 9.40. The van der Waals surface area contributed by atoms with Crippen LogP contribution < -0.4 is 11.1 Å². The third-order valence-corrected chi connectivity index (χ3v) is 5.52. The number of allylic oxidation sites excluding steroid dienone is 3. The molecule has 4 rings (SSSR count). The predicted molar refractivity (Wildman–Crippen MR) is 124 cm³/mol. The molecule has 0 unspecified atom stereocenters. The minimum atomic E-state index is 0.491. The molecule has 1 heterocycles. The van der Waals surface area contributed by atoms with Crippen LogP contribution >= 0.6 is 11.3 Å². The number of nitrogens with two attached hydrogens (primary N) is 1. The smallest absolute Gasteiger partial charge is 0.0955 e. The van der Waals surface area contributed by atoms with Crippen molar-refractivity contribution in [3.05, 3.63) is 95.4 Å². The average Bonchev–Trinajstić information content (AvgIpc) is 3.36. The van der Waals surface area contributed by atoms with Gasteiger partial charge < -0.3 is 16.5 Å². The SMILES string of the molecule is C=C(NCC1=CC=CC1)c1cc(C(C)=N)c(N)s1.c1ccc2ccccc2c1. The lowest BCUT2D eigenvalue weighted by Crippen LogP contribution is -2.13. The molecule has 0 amide bonds. The highest BCUT2D eigenvalue weighted by Crippen LogP contribution is 2.29. The number of hydrogen-bond acceptors (Lipinski definition) is 4. The average molecular weight is 388 g/mol. The number of benzene rings is 2. The minimum Gasteiger partial charge on any atom is -0.390 e. The van der Waals surface area contributed by atoms with Gasteiger partial charge in [-0.1, -0.05) is 73.3 Å². The predicted octanol–water partition coefficient (Wildman–Crippen LogP) is 6.00. The van der Waals surface area contributed by atoms with Gasteiger partial charge in [0.2, 0.25) is 0 Å². The maximum Gasteiger partial charge on any atom is 0.0955 e. The van der Waals surface area contributed by atoms with Crippen LogP contribution in [0.2, 0.25) is 0 Å². The fraction of sp³-hybridized carbons (Fsp3) is 0.125. The van der Waals surface area contributed by atoms with Gasteiger partial charge >= 0.3 is 0 Å². The van der Waals surface area contributed by atoms with Gasteiger partial charge in [0, 0.05) is 23.5 Å². The summed E-state index contributed by atoms with van der Waals surface area (Å²) >= 11 is 1.47. The molecule has 0 bridgehead atoms. The lowest BCUT2D eigenvalue weighted by molar-refractivity contribution is 0.941. The lowest BCUT2D eigenvalue weighted by Gasteiger charge is -2.08. The Labute approximate surface area is 170 Å². The number of thiophene rings is 1. The van der Waals surface area contributed by atoms with Crippen LogP contribution in [-0.4, -0.2) is 12.3 Å². The summed E-state index contributed by atoms with van der Waals surface area (Å²) in [6.45, 7) is 6.58. The second-order valence-electron chi connectivity index (χ2n) is 6.65. The summed E-state index contributed by atoms with van der Waals surface area (Å²) in [4.78, 5) is 1.00. The van der Waals surface area contributed by atoms with Crippen LogP contribution in [0.3, 0.4) is 0 Å². The van der Waals surface area contributed by atoms with E-state index < -0.39 is 0 Å². The molecule has 0 radical (unpaired) electrons. The van der Waals surface area contributed by atoms with E-state index in [2.05, 4.69) is 78.7 Å². The van der Waals surface area contributed by atoms with Crippen LogP contribution in [0.15, 0.2) is 85.0 Å². The molecule has 2 aromatic carbocycles. The van der Waals surface area contributed by atoms with Crippen LogP contribution in [-0.2, 0) is 0 Å². The van der Waals surface area contributed by atoms with E-state index in [-0.39, 0.29) is 0 Å². The van der Waals surface area contributed by atoms with E-state index in [4.69, 9.17) is 11.1 Å². The van der Waals surface area contributed by atoms with Crippen LogP contribution in [0.25, 0.3) is 16.5 Å². The Hall–Kier alpha value is -3.11. The van der Waals surface area contributed by atoms with Gasteiger partial charge in [0.1, 0.15) is 0 Å². The van der Waals surface area contributed by atoms with Gasteiger partial charge in [0.15, 0.2) is 0 Å². The van der Waals surface area contributed by atoms with Crippen molar-refractivity contribution in [3.63, 3.8) is 0 Å². The summed E-state index contributed by atoms with van der Waals surface area (Å²) in [5.74, 6) is 0. The highest BCUT2D eigenvalue weighted by atomic mass is 32.1. The Bertz CT molecular complexity index is 991. The molecule has 0 spiro atoms. The van der Waals surface area contributed by atoms with Crippen molar-refractivity contribution in [1.29, 1.82) is 5.41 Å². The minimum absolute atomic E-state index is 0.491. The van der Waals surface area contributed by atoms with Crippen LogP contribution in [0.5, 0.6) is 0 Å². The van der Waals surface area contributed by atoms with E-state index in [9.17, 15) is 0 Å². The molecule has 0 saturated carbocycles. The number of anilines is 1. The standard InChI is InChI=1S/C14H17N3S.C10H8/c1-9(15)12-7-13(18-14(12)16)10(2)17-8-11-5-3-4-6-11;1-2-6-10-8-4-3-7-9(10)5-1/h3-5,7,15,17H,2,6,8,16H2,1H3;1-8H. The fourth-order valence-corrected chi connectivity index (χ4v) is 3.84. The molecule has 1 aromatic heterocycles. The van der Waals surface area contributed by atoms with Gasteiger partial charge in [-0.25, -0.2) is 0 Å². The molecule has 142 valence electrons. The lowest BCUT2D eigenvalue weighted by atomic mass is 10.1. The van der Waals surface area contributed by atoms with Crippen molar-refractivity contribution in [3.8, 4) is 0 Å². The van der Waals surface area contributed by atoms with E-state index in [1.165, 1.54) is 27.7 Å². The van der Waals surface area contributed by atoms with Gasteiger partial charge in [-0.05, 0) is 35.8 Å². The molecule has 1 aliphatic carbocycles. The van der Waals surface area contributed by atoms with Crippen molar-refractivity contribution < 1.29 is 0 Å². The van der Waals surface area contributed by atoms with E-state index in [1.54, 1.807) is 6.92 Å². The van der Waals surface area contributed by atoms with E-state index in [1.807, 2.05) is 6.07 Å².